The summed E-state index contributed by atoms with van der Waals surface area (Å²) in [6.45, 7) is 10.8. The molecule has 2 aromatic heterocycles. The first kappa shape index (κ1) is 70.5. The summed E-state index contributed by atoms with van der Waals surface area (Å²) >= 11 is 3.56. The topological polar surface area (TPSA) is 59.9 Å². The van der Waals surface area contributed by atoms with Gasteiger partial charge in [-0.1, -0.05) is 333 Å². The van der Waals surface area contributed by atoms with Crippen molar-refractivity contribution in [2.24, 2.45) is 0 Å². The number of alkyl halides is 3. The summed E-state index contributed by atoms with van der Waals surface area (Å²) in [6.07, 6.45) is 50.4. The summed E-state index contributed by atoms with van der Waals surface area (Å²) in [6, 6.07) is 19.5. The Morgan fingerprint density at radius 1 is 0.379 bits per heavy atom. The molecular formula is C78H113F3N2O2S2. The van der Waals surface area contributed by atoms with Gasteiger partial charge in [0.05, 0.1) is 21.1 Å². The van der Waals surface area contributed by atoms with Crippen molar-refractivity contribution in [3.05, 3.63) is 94.3 Å². The van der Waals surface area contributed by atoms with Crippen LogP contribution in [0.15, 0.2) is 60.7 Å². The Labute approximate surface area is 534 Å². The minimum absolute atomic E-state index is 0.0718. The number of unbranched alkanes of at least 4 members (excludes halogenated alkanes) is 36. The molecule has 0 saturated carbocycles. The molecule has 0 unspecified atom stereocenters. The Balaban J connectivity index is 1.31. The fraction of sp³-hybridized carbons (Fsp3) is 0.667. The molecule has 0 N–H and O–H groups in total. The van der Waals surface area contributed by atoms with Crippen molar-refractivity contribution in [2.45, 2.75) is 334 Å². The summed E-state index contributed by atoms with van der Waals surface area (Å²) < 4.78 is 41.1. The Kier molecular flexibility index (Phi) is 30.3. The number of hydrogen-bond acceptors (Lipinski definition) is 6. The smallest absolute Gasteiger partial charge is 0.295 e. The second kappa shape index (κ2) is 37.4. The molecule has 0 atom stereocenters. The molecular weight excluding hydrogens is 1120 g/mol. The summed E-state index contributed by atoms with van der Waals surface area (Å²) in [4.78, 5) is 39.1. The zero-order valence-electron chi connectivity index (χ0n) is 55.0. The number of fused-ring (bicyclic) bond motifs is 6. The summed E-state index contributed by atoms with van der Waals surface area (Å²) in [7, 11) is 0. The van der Waals surface area contributed by atoms with Gasteiger partial charge in [-0.2, -0.15) is 13.2 Å². The van der Waals surface area contributed by atoms with Crippen molar-refractivity contribution in [3.8, 4) is 42.0 Å². The van der Waals surface area contributed by atoms with Gasteiger partial charge in [0.2, 0.25) is 0 Å². The number of Topliss-reactive ketones (excluding diaryl/α,β-unsaturated/α-hetero) is 2. The van der Waals surface area contributed by atoms with E-state index in [0.717, 1.165) is 83.8 Å². The maximum absolute atomic E-state index is 13.7. The largest absolute Gasteiger partial charge is 0.454 e. The SMILES string of the molecule is CCCCCCCCCCCCC1(CCCCCCCCCCCC)c2cc3c(cc2-c2sc(-c4ccc(C(C)=O)cc4)nc21)C(CCCCCCCCCCCC)(CCCCCCCCCCCC)c1nc(-c2ccc(C(=O)C(F)(F)F)cc2)sc1-3. The second-order valence-electron chi connectivity index (χ2n) is 26.8. The first-order chi connectivity index (χ1) is 42.4. The van der Waals surface area contributed by atoms with Crippen molar-refractivity contribution in [3.63, 3.8) is 0 Å². The first-order valence-corrected chi connectivity index (χ1v) is 37.6. The second-order valence-corrected chi connectivity index (χ2v) is 28.8. The van der Waals surface area contributed by atoms with Crippen LogP contribution in [-0.2, 0) is 10.8 Å². The number of halogens is 3. The van der Waals surface area contributed by atoms with Crippen molar-refractivity contribution in [1.82, 2.24) is 9.97 Å². The van der Waals surface area contributed by atoms with E-state index in [4.69, 9.17) is 9.97 Å². The van der Waals surface area contributed by atoms with Gasteiger partial charge < -0.3 is 0 Å². The number of carbonyl (C=O) groups is 2. The lowest BCUT2D eigenvalue weighted by atomic mass is 9.70. The molecule has 0 bridgehead atoms. The molecule has 0 amide bonds. The Bertz CT molecular complexity index is 2740. The van der Waals surface area contributed by atoms with Gasteiger partial charge in [0, 0.05) is 33.1 Å². The zero-order valence-corrected chi connectivity index (χ0v) is 56.7. The van der Waals surface area contributed by atoms with Gasteiger partial charge in [-0.15, -0.1) is 22.7 Å². The lowest BCUT2D eigenvalue weighted by molar-refractivity contribution is -0.0885. The van der Waals surface area contributed by atoms with Crippen molar-refractivity contribution < 1.29 is 22.8 Å². The molecule has 3 aromatic carbocycles. The van der Waals surface area contributed by atoms with Crippen LogP contribution in [0.25, 0.3) is 42.0 Å². The van der Waals surface area contributed by atoms with Crippen LogP contribution in [0.3, 0.4) is 0 Å². The van der Waals surface area contributed by atoms with E-state index in [9.17, 15) is 22.8 Å². The third-order valence-corrected chi connectivity index (χ3v) is 22.1. The monoisotopic (exact) mass is 1230 g/mol. The van der Waals surface area contributed by atoms with Gasteiger partial charge in [0.15, 0.2) is 5.78 Å². The predicted molar refractivity (Wildman–Crippen MR) is 367 cm³/mol. The lowest BCUT2D eigenvalue weighted by Gasteiger charge is -2.33. The van der Waals surface area contributed by atoms with E-state index in [-0.39, 0.29) is 22.2 Å². The molecule has 2 aliphatic rings. The van der Waals surface area contributed by atoms with Crippen LogP contribution in [0.4, 0.5) is 13.2 Å². The number of thiazole rings is 2. The fourth-order valence-electron chi connectivity index (χ4n) is 14.6. The van der Waals surface area contributed by atoms with Gasteiger partial charge in [-0.3, -0.25) is 9.59 Å². The highest BCUT2D eigenvalue weighted by molar-refractivity contribution is 7.19. The molecule has 0 fully saturated rings. The van der Waals surface area contributed by atoms with E-state index in [1.54, 1.807) is 30.4 Å². The number of nitrogens with zero attached hydrogens (tertiary/aromatic N) is 2. The fourth-order valence-corrected chi connectivity index (χ4v) is 17.0. The van der Waals surface area contributed by atoms with Crippen LogP contribution < -0.4 is 0 Å². The molecule has 480 valence electrons. The van der Waals surface area contributed by atoms with Gasteiger partial charge in [0.25, 0.3) is 5.78 Å². The standard InChI is InChI=1S/C78H113F3N2O2S2/c1-6-10-14-18-22-26-30-34-38-42-54-76(55-43-39-35-31-27-23-19-15-11-7-2)67-59-66-68(58-65(67)69-71(76)82-74(86-69)63-50-46-61(47-51-63)60(5)84)77(56-44-40-36-32-28-24-20-16-12-8-3,57-45-41-37-33-29-25-21-17-13-9-4)72-70(66)87-75(83-72)64-52-48-62(49-53-64)73(85)78(79,80)81/h46-53,58-59H,6-45,54-57H2,1-5H3. The van der Waals surface area contributed by atoms with E-state index in [1.165, 1.54) is 281 Å². The van der Waals surface area contributed by atoms with Crippen LogP contribution in [0.5, 0.6) is 0 Å². The predicted octanol–water partition coefficient (Wildman–Crippen LogP) is 26.7. The highest BCUT2D eigenvalue weighted by atomic mass is 32.1. The van der Waals surface area contributed by atoms with Crippen LogP contribution in [0.2, 0.25) is 0 Å². The maximum atomic E-state index is 13.7. The van der Waals surface area contributed by atoms with E-state index in [2.05, 4.69) is 52.0 Å². The lowest BCUT2D eigenvalue weighted by Crippen LogP contribution is -2.28. The molecule has 4 nitrogen and oxygen atoms in total. The molecule has 9 heteroatoms. The van der Waals surface area contributed by atoms with Crippen LogP contribution in [0.1, 0.15) is 360 Å². The molecule has 0 radical (unpaired) electrons. The molecule has 87 heavy (non-hydrogen) atoms. The summed E-state index contributed by atoms with van der Waals surface area (Å²) in [5.74, 6) is -1.74. The van der Waals surface area contributed by atoms with E-state index < -0.39 is 12.0 Å². The van der Waals surface area contributed by atoms with E-state index in [0.29, 0.717) is 0 Å². The first-order valence-electron chi connectivity index (χ1n) is 36.0. The number of aromatic nitrogens is 2. The average molecular weight is 1230 g/mol. The summed E-state index contributed by atoms with van der Waals surface area (Å²) in [5.41, 5.74) is 9.57. The normalized spacial score (nSPS) is 13.7. The molecule has 0 spiro atoms. The van der Waals surface area contributed by atoms with Gasteiger partial charge >= 0.3 is 6.18 Å². The van der Waals surface area contributed by atoms with E-state index >= 15 is 0 Å². The van der Waals surface area contributed by atoms with Crippen LogP contribution in [-0.4, -0.2) is 27.7 Å². The Hall–Kier alpha value is -3.95. The van der Waals surface area contributed by atoms with Crippen molar-refractivity contribution >= 4 is 34.2 Å². The highest BCUT2D eigenvalue weighted by Gasteiger charge is 2.51. The van der Waals surface area contributed by atoms with Gasteiger partial charge in [-0.05, 0) is 67.0 Å². The van der Waals surface area contributed by atoms with E-state index in [1.807, 2.05) is 23.5 Å². The zero-order chi connectivity index (χ0) is 61.7. The van der Waals surface area contributed by atoms with Gasteiger partial charge in [0.1, 0.15) is 10.0 Å². The summed E-state index contributed by atoms with van der Waals surface area (Å²) in [5, 5.41) is 1.85. The maximum Gasteiger partial charge on any atom is 0.454 e. The Morgan fingerprint density at radius 3 is 0.885 bits per heavy atom. The highest BCUT2D eigenvalue weighted by Crippen LogP contribution is 2.63. The quantitative estimate of drug-likeness (QED) is 0.0288. The third-order valence-electron chi connectivity index (χ3n) is 19.9. The number of benzene rings is 3. The molecule has 5 aromatic rings. The minimum Gasteiger partial charge on any atom is -0.295 e. The molecule has 2 heterocycles. The van der Waals surface area contributed by atoms with Gasteiger partial charge in [-0.25, -0.2) is 9.97 Å². The number of carbonyl (C=O) groups excluding carboxylic acids is 2. The van der Waals surface area contributed by atoms with Crippen LogP contribution in [0, 0.1) is 0 Å². The molecule has 7 rings (SSSR count). The van der Waals surface area contributed by atoms with Crippen molar-refractivity contribution in [2.75, 3.05) is 0 Å². The number of hydrogen-bond donors (Lipinski definition) is 0. The Morgan fingerprint density at radius 2 is 0.632 bits per heavy atom. The van der Waals surface area contributed by atoms with Crippen LogP contribution >= 0.6 is 22.7 Å². The third kappa shape index (κ3) is 20.0. The number of rotatable bonds is 48. The number of ketones is 2. The molecule has 0 aliphatic heterocycles. The minimum atomic E-state index is -4.94. The molecule has 2 aliphatic carbocycles. The molecule has 0 saturated heterocycles. The average Bonchev–Trinajstić information content (AvgIpc) is 1.54. The van der Waals surface area contributed by atoms with Crippen molar-refractivity contribution in [1.29, 1.82) is 0 Å².